The Morgan fingerprint density at radius 1 is 1.15 bits per heavy atom. The molecule has 2 aromatic carbocycles. The van der Waals surface area contributed by atoms with Gasteiger partial charge in [0.1, 0.15) is 0 Å². The number of amides is 1. The van der Waals surface area contributed by atoms with Crippen molar-refractivity contribution in [3.63, 3.8) is 0 Å². The van der Waals surface area contributed by atoms with Crippen LogP contribution in [0.1, 0.15) is 22.3 Å². The van der Waals surface area contributed by atoms with Crippen molar-refractivity contribution < 1.29 is 28.0 Å². The van der Waals surface area contributed by atoms with Crippen LogP contribution in [0, 0.1) is 10.1 Å². The topological polar surface area (TPSA) is 96.0 Å². The van der Waals surface area contributed by atoms with Crippen LogP contribution in [-0.4, -0.2) is 38.6 Å². The summed E-state index contributed by atoms with van der Waals surface area (Å²) in [5.41, 5.74) is -3.89. The number of hydrogen-bond acceptors (Lipinski definition) is 5. The van der Waals surface area contributed by atoms with E-state index in [1.54, 1.807) is 18.2 Å². The molecule has 7 nitrogen and oxygen atoms in total. The number of hydrazone groups is 1. The first kappa shape index (κ1) is 18.5. The van der Waals surface area contributed by atoms with Gasteiger partial charge in [0.2, 0.25) is 0 Å². The van der Waals surface area contributed by atoms with Crippen LogP contribution in [-0.2, 0) is 0 Å². The van der Waals surface area contributed by atoms with Crippen molar-refractivity contribution in [2.45, 2.75) is 18.3 Å². The second-order valence-electron chi connectivity index (χ2n) is 5.82. The highest BCUT2D eigenvalue weighted by atomic mass is 19.4. The van der Waals surface area contributed by atoms with Crippen LogP contribution < -0.4 is 0 Å². The Bertz CT molecular complexity index is 913. The van der Waals surface area contributed by atoms with Gasteiger partial charge in [0, 0.05) is 17.7 Å². The van der Waals surface area contributed by atoms with E-state index in [2.05, 4.69) is 5.10 Å². The minimum Gasteiger partial charge on any atom is -0.362 e. The number of non-ortho nitro benzene ring substituents is 1. The van der Waals surface area contributed by atoms with E-state index >= 15 is 0 Å². The average molecular weight is 379 g/mol. The van der Waals surface area contributed by atoms with Crippen LogP contribution in [0.2, 0.25) is 0 Å². The number of aliphatic hydroxyl groups is 1. The highest BCUT2D eigenvalue weighted by Gasteiger charge is 2.63. The largest absolute Gasteiger partial charge is 0.438 e. The van der Waals surface area contributed by atoms with E-state index in [1.807, 2.05) is 0 Å². The molecule has 1 N–H and O–H groups in total. The van der Waals surface area contributed by atoms with Crippen molar-refractivity contribution in [2.24, 2.45) is 5.10 Å². The molecule has 0 bridgehead atoms. The Morgan fingerprint density at radius 2 is 1.74 bits per heavy atom. The Morgan fingerprint density at radius 3 is 2.26 bits per heavy atom. The van der Waals surface area contributed by atoms with E-state index in [-0.39, 0.29) is 22.0 Å². The van der Waals surface area contributed by atoms with Crippen molar-refractivity contribution >= 4 is 17.3 Å². The number of carbonyl (C=O) groups excluding carboxylic acids is 1. The third-order valence-electron chi connectivity index (χ3n) is 4.06. The number of nitro groups is 1. The predicted molar refractivity (Wildman–Crippen MR) is 87.9 cm³/mol. The summed E-state index contributed by atoms with van der Waals surface area (Å²) in [4.78, 5) is 22.5. The minimum atomic E-state index is -5.16. The van der Waals surface area contributed by atoms with Gasteiger partial charge in [0.15, 0.2) is 0 Å². The second kappa shape index (κ2) is 6.47. The van der Waals surface area contributed by atoms with E-state index in [0.717, 1.165) is 24.3 Å². The van der Waals surface area contributed by atoms with Gasteiger partial charge in [-0.15, -0.1) is 0 Å². The Kier molecular flexibility index (Phi) is 4.44. The van der Waals surface area contributed by atoms with Gasteiger partial charge in [-0.1, -0.05) is 30.3 Å². The molecular weight excluding hydrogens is 367 g/mol. The number of rotatable bonds is 3. The highest BCUT2D eigenvalue weighted by Crippen LogP contribution is 2.42. The van der Waals surface area contributed by atoms with Crippen molar-refractivity contribution in [3.8, 4) is 0 Å². The van der Waals surface area contributed by atoms with Crippen LogP contribution in [0.15, 0.2) is 59.7 Å². The van der Waals surface area contributed by atoms with Gasteiger partial charge in [-0.05, 0) is 17.7 Å². The molecule has 1 atom stereocenters. The zero-order chi connectivity index (χ0) is 19.8. The fourth-order valence-corrected chi connectivity index (χ4v) is 2.62. The highest BCUT2D eigenvalue weighted by molar-refractivity contribution is 6.05. The normalized spacial score (nSPS) is 19.7. The van der Waals surface area contributed by atoms with Gasteiger partial charge < -0.3 is 5.11 Å². The zero-order valence-electron chi connectivity index (χ0n) is 13.6. The van der Waals surface area contributed by atoms with Crippen molar-refractivity contribution in [2.75, 3.05) is 0 Å². The standard InChI is InChI=1S/C17H12F3N3O4/c18-17(19,20)16(25)10-14(11-4-2-1-3-5-11)21-22(16)15(24)12-6-8-13(9-7-12)23(26)27/h1-9,25H,10H2/t16-/m0/s1. The maximum Gasteiger partial charge on any atom is 0.438 e. The molecule has 0 fully saturated rings. The van der Waals surface area contributed by atoms with E-state index < -0.39 is 29.2 Å². The van der Waals surface area contributed by atoms with Gasteiger partial charge >= 0.3 is 6.18 Å². The summed E-state index contributed by atoms with van der Waals surface area (Å²) in [6, 6.07) is 11.8. The third kappa shape index (κ3) is 3.26. The molecule has 3 rings (SSSR count). The van der Waals surface area contributed by atoms with Crippen LogP contribution in [0.4, 0.5) is 18.9 Å². The monoisotopic (exact) mass is 379 g/mol. The van der Waals surface area contributed by atoms with Crippen molar-refractivity contribution in [1.29, 1.82) is 0 Å². The molecule has 0 aliphatic carbocycles. The van der Waals surface area contributed by atoms with E-state index in [9.17, 15) is 33.2 Å². The molecule has 0 unspecified atom stereocenters. The van der Waals surface area contributed by atoms with Crippen molar-refractivity contribution in [3.05, 3.63) is 75.8 Å². The quantitative estimate of drug-likeness (QED) is 0.655. The molecule has 1 aliphatic rings. The lowest BCUT2D eigenvalue weighted by Gasteiger charge is -2.32. The molecule has 1 aliphatic heterocycles. The van der Waals surface area contributed by atoms with Gasteiger partial charge in [0.25, 0.3) is 17.3 Å². The molecule has 140 valence electrons. The number of nitrogens with zero attached hydrogens (tertiary/aromatic N) is 3. The summed E-state index contributed by atoms with van der Waals surface area (Å²) >= 11 is 0. The number of carbonyl (C=O) groups is 1. The predicted octanol–water partition coefficient (Wildman–Crippen LogP) is 3.10. The average Bonchev–Trinajstić information content (AvgIpc) is 3.01. The van der Waals surface area contributed by atoms with Crippen LogP contribution >= 0.6 is 0 Å². The summed E-state index contributed by atoms with van der Waals surface area (Å²) in [7, 11) is 0. The van der Waals surface area contributed by atoms with Gasteiger partial charge in [-0.2, -0.15) is 23.3 Å². The number of nitro benzene ring substituents is 1. The summed E-state index contributed by atoms with van der Waals surface area (Å²) in [5.74, 6) is -1.23. The molecule has 0 saturated carbocycles. The zero-order valence-corrected chi connectivity index (χ0v) is 13.6. The Balaban J connectivity index is 2.01. The fraction of sp³-hybridized carbons (Fsp3) is 0.176. The molecule has 10 heteroatoms. The molecule has 0 radical (unpaired) electrons. The van der Waals surface area contributed by atoms with E-state index in [1.165, 1.54) is 12.1 Å². The SMILES string of the molecule is O=C(c1ccc([N+](=O)[O-])cc1)N1N=C(c2ccccc2)C[C@]1(O)C(F)(F)F. The summed E-state index contributed by atoms with van der Waals surface area (Å²) < 4.78 is 40.6. The summed E-state index contributed by atoms with van der Waals surface area (Å²) in [5, 5.41) is 24.6. The second-order valence-corrected chi connectivity index (χ2v) is 5.82. The first-order valence-electron chi connectivity index (χ1n) is 7.64. The summed E-state index contributed by atoms with van der Waals surface area (Å²) in [6.07, 6.45) is -6.09. The van der Waals surface area contributed by atoms with Crippen molar-refractivity contribution in [1.82, 2.24) is 5.01 Å². The summed E-state index contributed by atoms with van der Waals surface area (Å²) in [6.45, 7) is 0. The van der Waals surface area contributed by atoms with Gasteiger partial charge in [-0.3, -0.25) is 14.9 Å². The smallest absolute Gasteiger partial charge is 0.362 e. The van der Waals surface area contributed by atoms with Crippen LogP contribution in [0.5, 0.6) is 0 Å². The van der Waals surface area contributed by atoms with Crippen LogP contribution in [0.25, 0.3) is 0 Å². The first-order valence-corrected chi connectivity index (χ1v) is 7.64. The first-order chi connectivity index (χ1) is 12.6. The molecule has 0 aromatic heterocycles. The molecule has 27 heavy (non-hydrogen) atoms. The third-order valence-corrected chi connectivity index (χ3v) is 4.06. The molecule has 0 spiro atoms. The fourth-order valence-electron chi connectivity index (χ4n) is 2.62. The number of halogens is 3. The Labute approximate surface area is 150 Å². The molecule has 1 heterocycles. The molecule has 2 aromatic rings. The number of benzene rings is 2. The van der Waals surface area contributed by atoms with Gasteiger partial charge in [0.05, 0.1) is 17.1 Å². The van der Waals surface area contributed by atoms with E-state index in [0.29, 0.717) is 5.56 Å². The molecule has 0 saturated heterocycles. The molecular formula is C17H12F3N3O4. The lowest BCUT2D eigenvalue weighted by molar-refractivity contribution is -0.384. The lowest BCUT2D eigenvalue weighted by Crippen LogP contribution is -2.56. The maximum absolute atomic E-state index is 13.5. The Hall–Kier alpha value is -3.27. The maximum atomic E-state index is 13.5. The van der Waals surface area contributed by atoms with E-state index in [4.69, 9.17) is 0 Å². The minimum absolute atomic E-state index is 0.0174. The van der Waals surface area contributed by atoms with Gasteiger partial charge in [-0.25, -0.2) is 0 Å². The van der Waals surface area contributed by atoms with Crippen LogP contribution in [0.3, 0.4) is 0 Å². The number of alkyl halides is 3. The molecule has 1 amide bonds. The lowest BCUT2D eigenvalue weighted by atomic mass is 10.0. The number of hydrogen-bond donors (Lipinski definition) is 1.